The molecule has 39 heavy (non-hydrogen) atoms. The molecule has 2 aromatic carbocycles. The molecular formula is C30H34N4O4S. The standard InChI is InChI=1S/C30H34N4O4S/c1-32-9-11-33(12-10-32)8-7-28(36)31-23-5-6-27-22(18-23)17-21-3-2-4-25(30(21)39-27)26-19-24(35)20-29(38-26)34-13-15-37-16-14-34/h2-6,18-20H,7-17H2,1H3,(H,31,36). The van der Waals surface area contributed by atoms with Crippen molar-refractivity contribution in [3.05, 3.63) is 69.9 Å². The summed E-state index contributed by atoms with van der Waals surface area (Å²) in [6.45, 7) is 7.59. The molecule has 0 aliphatic carbocycles. The third-order valence-electron chi connectivity index (χ3n) is 7.63. The molecule has 4 heterocycles. The fourth-order valence-electron chi connectivity index (χ4n) is 5.34. The fourth-order valence-corrected chi connectivity index (χ4v) is 6.51. The molecule has 3 aromatic rings. The predicted molar refractivity (Wildman–Crippen MR) is 154 cm³/mol. The zero-order valence-electron chi connectivity index (χ0n) is 22.3. The van der Waals surface area contributed by atoms with E-state index in [-0.39, 0.29) is 11.3 Å². The lowest BCUT2D eigenvalue weighted by Crippen LogP contribution is -2.45. The lowest BCUT2D eigenvalue weighted by molar-refractivity contribution is -0.116. The second-order valence-corrected chi connectivity index (χ2v) is 11.5. The van der Waals surface area contributed by atoms with Crippen LogP contribution < -0.4 is 15.6 Å². The highest BCUT2D eigenvalue weighted by Gasteiger charge is 2.23. The summed E-state index contributed by atoms with van der Waals surface area (Å²) in [5.41, 5.74) is 4.07. The number of hydrogen-bond donors (Lipinski definition) is 1. The number of likely N-dealkylation sites (N-methyl/N-ethyl adjacent to an activating group) is 1. The van der Waals surface area contributed by atoms with Crippen molar-refractivity contribution in [2.45, 2.75) is 22.6 Å². The van der Waals surface area contributed by atoms with Gasteiger partial charge >= 0.3 is 0 Å². The Morgan fingerprint density at radius 2 is 1.79 bits per heavy atom. The first-order chi connectivity index (χ1) is 19.0. The number of fused-ring (bicyclic) bond motifs is 2. The molecule has 6 rings (SSSR count). The van der Waals surface area contributed by atoms with E-state index in [1.807, 2.05) is 18.2 Å². The van der Waals surface area contributed by atoms with Crippen LogP contribution in [0.15, 0.2) is 67.5 Å². The van der Waals surface area contributed by atoms with Crippen molar-refractivity contribution in [3.8, 4) is 11.3 Å². The van der Waals surface area contributed by atoms with Gasteiger partial charge in [-0.1, -0.05) is 30.0 Å². The number of ether oxygens (including phenoxy) is 1. The Labute approximate surface area is 232 Å². The van der Waals surface area contributed by atoms with Crippen LogP contribution in [-0.4, -0.2) is 81.8 Å². The van der Waals surface area contributed by atoms with Gasteiger partial charge in [-0.3, -0.25) is 9.59 Å². The molecule has 2 fully saturated rings. The molecule has 1 N–H and O–H groups in total. The Bertz CT molecular complexity index is 1410. The molecule has 0 atom stereocenters. The SMILES string of the molecule is CN1CCN(CCC(=O)Nc2ccc3c(c2)Cc2cccc(-c4cc(=O)cc(N5CCOCC5)o4)c2S3)CC1. The first kappa shape index (κ1) is 26.1. The van der Waals surface area contributed by atoms with Crippen LogP contribution in [-0.2, 0) is 16.0 Å². The van der Waals surface area contributed by atoms with Crippen molar-refractivity contribution in [2.24, 2.45) is 0 Å². The number of nitrogens with one attached hydrogen (secondary N) is 1. The molecule has 2 saturated heterocycles. The van der Waals surface area contributed by atoms with E-state index in [4.69, 9.17) is 9.15 Å². The molecule has 0 spiro atoms. The van der Waals surface area contributed by atoms with Crippen LogP contribution >= 0.6 is 11.8 Å². The Balaban J connectivity index is 1.16. The van der Waals surface area contributed by atoms with Gasteiger partial charge in [0.2, 0.25) is 5.91 Å². The largest absolute Gasteiger partial charge is 0.440 e. The number of piperazine rings is 1. The first-order valence-corrected chi connectivity index (χ1v) is 14.5. The van der Waals surface area contributed by atoms with Crippen molar-refractivity contribution in [1.82, 2.24) is 9.80 Å². The van der Waals surface area contributed by atoms with Crippen molar-refractivity contribution < 1.29 is 13.9 Å². The average Bonchev–Trinajstić information content (AvgIpc) is 2.95. The summed E-state index contributed by atoms with van der Waals surface area (Å²) in [4.78, 5) is 34.3. The van der Waals surface area contributed by atoms with E-state index in [0.717, 1.165) is 60.2 Å². The van der Waals surface area contributed by atoms with E-state index in [1.165, 1.54) is 11.1 Å². The number of rotatable bonds is 6. The Morgan fingerprint density at radius 3 is 2.62 bits per heavy atom. The van der Waals surface area contributed by atoms with Crippen LogP contribution in [0.4, 0.5) is 11.6 Å². The van der Waals surface area contributed by atoms with Gasteiger partial charge in [-0.05, 0) is 42.8 Å². The van der Waals surface area contributed by atoms with Crippen LogP contribution in [0.3, 0.4) is 0 Å². The van der Waals surface area contributed by atoms with Gasteiger partial charge in [-0.25, -0.2) is 0 Å². The minimum atomic E-state index is -0.0652. The normalized spacial score (nSPS) is 17.9. The summed E-state index contributed by atoms with van der Waals surface area (Å²) in [6.07, 6.45) is 1.25. The van der Waals surface area contributed by atoms with Gasteiger partial charge in [-0.2, -0.15) is 0 Å². The maximum Gasteiger partial charge on any atom is 0.225 e. The minimum Gasteiger partial charge on any atom is -0.440 e. The number of morpholine rings is 1. The summed E-state index contributed by atoms with van der Waals surface area (Å²) in [5.74, 6) is 1.23. The lowest BCUT2D eigenvalue weighted by Gasteiger charge is -2.32. The third-order valence-corrected chi connectivity index (χ3v) is 8.93. The van der Waals surface area contributed by atoms with E-state index in [9.17, 15) is 9.59 Å². The number of nitrogens with zero attached hydrogens (tertiary/aromatic N) is 3. The van der Waals surface area contributed by atoms with Gasteiger partial charge in [0.15, 0.2) is 11.3 Å². The summed E-state index contributed by atoms with van der Waals surface area (Å²) in [7, 11) is 2.14. The molecule has 0 saturated carbocycles. The summed E-state index contributed by atoms with van der Waals surface area (Å²) >= 11 is 1.69. The number of anilines is 2. The van der Waals surface area contributed by atoms with Gasteiger partial charge in [-0.15, -0.1) is 0 Å². The topological polar surface area (TPSA) is 78.3 Å². The summed E-state index contributed by atoms with van der Waals surface area (Å²) < 4.78 is 11.7. The van der Waals surface area contributed by atoms with Crippen molar-refractivity contribution in [1.29, 1.82) is 0 Å². The second-order valence-electron chi connectivity index (χ2n) is 10.4. The van der Waals surface area contributed by atoms with Gasteiger partial charge in [0.25, 0.3) is 0 Å². The average molecular weight is 547 g/mol. The maximum atomic E-state index is 12.7. The zero-order chi connectivity index (χ0) is 26.8. The monoisotopic (exact) mass is 546 g/mol. The smallest absolute Gasteiger partial charge is 0.225 e. The molecule has 1 amide bonds. The Hall–Kier alpha value is -3.11. The fraction of sp³-hybridized carbons (Fsp3) is 0.400. The Kier molecular flexibility index (Phi) is 7.74. The molecule has 9 heteroatoms. The second kappa shape index (κ2) is 11.6. The van der Waals surface area contributed by atoms with E-state index in [2.05, 4.69) is 45.3 Å². The molecule has 1 aromatic heterocycles. The highest BCUT2D eigenvalue weighted by Crippen LogP contribution is 2.45. The van der Waals surface area contributed by atoms with Crippen molar-refractivity contribution in [3.63, 3.8) is 0 Å². The van der Waals surface area contributed by atoms with Gasteiger partial charge in [0.05, 0.1) is 13.2 Å². The molecule has 3 aliphatic rings. The summed E-state index contributed by atoms with van der Waals surface area (Å²) in [6, 6.07) is 15.5. The van der Waals surface area contributed by atoms with Crippen molar-refractivity contribution >= 4 is 29.2 Å². The third kappa shape index (κ3) is 6.06. The van der Waals surface area contributed by atoms with Gasteiger partial charge < -0.3 is 29.2 Å². The van der Waals surface area contributed by atoms with Gasteiger partial charge in [0.1, 0.15) is 5.76 Å². The highest BCUT2D eigenvalue weighted by molar-refractivity contribution is 7.99. The van der Waals surface area contributed by atoms with Crippen molar-refractivity contribution in [2.75, 3.05) is 76.3 Å². The minimum absolute atomic E-state index is 0.0511. The van der Waals surface area contributed by atoms with E-state index < -0.39 is 0 Å². The number of carbonyl (C=O) groups excluding carboxylic acids is 1. The molecule has 0 bridgehead atoms. The van der Waals surface area contributed by atoms with Crippen LogP contribution in [0.1, 0.15) is 17.5 Å². The maximum absolute atomic E-state index is 12.7. The molecular weight excluding hydrogens is 512 g/mol. The lowest BCUT2D eigenvalue weighted by atomic mass is 10.00. The van der Waals surface area contributed by atoms with Crippen LogP contribution in [0.2, 0.25) is 0 Å². The van der Waals surface area contributed by atoms with Crippen LogP contribution in [0.25, 0.3) is 11.3 Å². The zero-order valence-corrected chi connectivity index (χ0v) is 23.1. The van der Waals surface area contributed by atoms with E-state index in [1.54, 1.807) is 23.9 Å². The molecule has 3 aliphatic heterocycles. The molecule has 0 unspecified atom stereocenters. The highest BCUT2D eigenvalue weighted by atomic mass is 32.2. The van der Waals surface area contributed by atoms with E-state index >= 15 is 0 Å². The quantitative estimate of drug-likeness (QED) is 0.392. The van der Waals surface area contributed by atoms with Crippen LogP contribution in [0, 0.1) is 0 Å². The number of hydrogen-bond acceptors (Lipinski definition) is 8. The van der Waals surface area contributed by atoms with E-state index in [0.29, 0.717) is 44.4 Å². The van der Waals surface area contributed by atoms with Crippen LogP contribution in [0.5, 0.6) is 0 Å². The molecule has 204 valence electrons. The molecule has 0 radical (unpaired) electrons. The number of amides is 1. The summed E-state index contributed by atoms with van der Waals surface area (Å²) in [5, 5.41) is 3.10. The first-order valence-electron chi connectivity index (χ1n) is 13.6. The number of benzene rings is 2. The number of carbonyl (C=O) groups is 1. The molecule has 8 nitrogen and oxygen atoms in total. The predicted octanol–water partition coefficient (Wildman–Crippen LogP) is 3.77. The van der Waals surface area contributed by atoms with Gasteiger partial charge in [0, 0.05) is 85.4 Å². The Morgan fingerprint density at radius 1 is 0.974 bits per heavy atom.